The molecule has 5 heteroatoms. The van der Waals surface area contributed by atoms with Crippen molar-refractivity contribution in [2.24, 2.45) is 5.41 Å². The summed E-state index contributed by atoms with van der Waals surface area (Å²) in [6, 6.07) is 3.90. The fraction of sp³-hybridized carbons (Fsp3) is 0.545. The lowest BCUT2D eigenvalue weighted by Crippen LogP contribution is -2.43. The molecule has 0 aliphatic heterocycles. The van der Waals surface area contributed by atoms with Gasteiger partial charge in [-0.1, -0.05) is 5.92 Å². The second-order valence-electron chi connectivity index (χ2n) is 8.09. The highest BCUT2D eigenvalue weighted by Gasteiger charge is 2.48. The summed E-state index contributed by atoms with van der Waals surface area (Å²) in [6.45, 7) is 5.67. The normalized spacial score (nSPS) is 29.3. The Kier molecular flexibility index (Phi) is 5.69. The van der Waals surface area contributed by atoms with Crippen LogP contribution in [0.25, 0.3) is 0 Å². The first kappa shape index (κ1) is 20.0. The highest BCUT2D eigenvalue weighted by Crippen LogP contribution is 2.49. The molecule has 0 aromatic heterocycles. The summed E-state index contributed by atoms with van der Waals surface area (Å²) in [7, 11) is 0. The van der Waals surface area contributed by atoms with Crippen LogP contribution in [0.2, 0.25) is 0 Å². The van der Waals surface area contributed by atoms with E-state index in [1.165, 1.54) is 0 Å². The Bertz CT molecular complexity index is 823. The molecule has 0 saturated heterocycles. The number of carbonyl (C=O) groups excluding carboxylic acids is 2. The molecule has 2 fully saturated rings. The molecule has 27 heavy (non-hydrogen) atoms. The summed E-state index contributed by atoms with van der Waals surface area (Å²) >= 11 is -1.82. The number of rotatable bonds is 2. The van der Waals surface area contributed by atoms with Gasteiger partial charge in [-0.25, -0.2) is 4.21 Å². The van der Waals surface area contributed by atoms with Crippen molar-refractivity contribution in [1.82, 2.24) is 0 Å². The van der Waals surface area contributed by atoms with Crippen molar-refractivity contribution in [2.45, 2.75) is 70.5 Å². The highest BCUT2D eigenvalue weighted by atomic mass is 32.2. The van der Waals surface area contributed by atoms with Crippen LogP contribution in [-0.2, 0) is 20.7 Å². The van der Waals surface area contributed by atoms with Crippen molar-refractivity contribution in [3.8, 4) is 11.8 Å². The third-order valence-corrected chi connectivity index (χ3v) is 7.21. The average Bonchev–Trinajstić information content (AvgIpc) is 2.57. The molecule has 2 aliphatic rings. The number of hydrogen-bond donors (Lipinski definition) is 1. The second-order valence-corrected chi connectivity index (χ2v) is 9.31. The van der Waals surface area contributed by atoms with Crippen molar-refractivity contribution >= 4 is 22.6 Å². The number of aryl methyl sites for hydroxylation is 2. The Morgan fingerprint density at radius 3 is 2.04 bits per heavy atom. The summed E-state index contributed by atoms with van der Waals surface area (Å²) < 4.78 is 20.6. The standard InChI is InChI=1S/C22H26O4S/c1-4-5-16-10-14(2)20(15(3)11-16)21-18(23)12-22(13-19(21)24)8-6-17(7-9-22)27(25)26/h10-11,17,21H,6-9,12-13H2,1-3H3,(H,25,26). The maximum Gasteiger partial charge on any atom is 0.155 e. The number of benzene rings is 1. The Balaban J connectivity index is 1.85. The van der Waals surface area contributed by atoms with E-state index in [0.29, 0.717) is 38.5 Å². The average molecular weight is 387 g/mol. The van der Waals surface area contributed by atoms with E-state index in [4.69, 9.17) is 0 Å². The lowest BCUT2D eigenvalue weighted by atomic mass is 9.61. The first-order chi connectivity index (χ1) is 12.8. The molecule has 1 atom stereocenters. The van der Waals surface area contributed by atoms with Gasteiger partial charge in [0.2, 0.25) is 0 Å². The lowest BCUT2D eigenvalue weighted by Gasteiger charge is -2.43. The molecular weight excluding hydrogens is 360 g/mol. The van der Waals surface area contributed by atoms with E-state index in [0.717, 1.165) is 22.3 Å². The molecule has 3 rings (SSSR count). The van der Waals surface area contributed by atoms with Crippen molar-refractivity contribution in [1.29, 1.82) is 0 Å². The largest absolute Gasteiger partial charge is 0.306 e. The van der Waals surface area contributed by atoms with Gasteiger partial charge >= 0.3 is 0 Å². The summed E-state index contributed by atoms with van der Waals surface area (Å²) in [4.78, 5) is 26.1. The molecule has 0 heterocycles. The van der Waals surface area contributed by atoms with Crippen molar-refractivity contribution in [2.75, 3.05) is 0 Å². The minimum absolute atomic E-state index is 0.00431. The zero-order valence-electron chi connectivity index (χ0n) is 16.1. The smallest absolute Gasteiger partial charge is 0.155 e. The van der Waals surface area contributed by atoms with Crippen molar-refractivity contribution in [3.05, 3.63) is 34.4 Å². The number of Topliss-reactive ketones (excluding diaryl/α,β-unsaturated/α-hetero) is 2. The number of ketones is 2. The van der Waals surface area contributed by atoms with Crippen molar-refractivity contribution < 1.29 is 18.4 Å². The third-order valence-electron chi connectivity index (χ3n) is 6.17. The Hall–Kier alpha value is -1.77. The summed E-state index contributed by atoms with van der Waals surface area (Å²) in [5.74, 6) is 5.23. The molecule has 1 aromatic carbocycles. The predicted octanol–water partition coefficient (Wildman–Crippen LogP) is 3.84. The first-order valence-corrected chi connectivity index (χ1v) is 10.6. The summed E-state index contributed by atoms with van der Waals surface area (Å²) in [5.41, 5.74) is 3.31. The van der Waals surface area contributed by atoms with Crippen LogP contribution in [0.1, 0.15) is 73.6 Å². The predicted molar refractivity (Wildman–Crippen MR) is 106 cm³/mol. The van der Waals surface area contributed by atoms with Gasteiger partial charge in [0.05, 0.1) is 5.25 Å². The molecule has 0 bridgehead atoms. The Labute approximate surface area is 163 Å². The Morgan fingerprint density at radius 2 is 1.59 bits per heavy atom. The molecule has 1 unspecified atom stereocenters. The maximum absolute atomic E-state index is 13.1. The topological polar surface area (TPSA) is 71.4 Å². The number of carbonyl (C=O) groups is 2. The zero-order valence-corrected chi connectivity index (χ0v) is 16.9. The van der Waals surface area contributed by atoms with Crippen LogP contribution in [-0.4, -0.2) is 25.6 Å². The van der Waals surface area contributed by atoms with Gasteiger partial charge in [0.15, 0.2) is 11.1 Å². The van der Waals surface area contributed by atoms with Gasteiger partial charge in [-0.3, -0.25) is 9.59 Å². The van der Waals surface area contributed by atoms with Crippen LogP contribution in [0.15, 0.2) is 12.1 Å². The molecule has 0 amide bonds. The lowest BCUT2D eigenvalue weighted by molar-refractivity contribution is -0.137. The molecular formula is C22H26O4S. The van der Waals surface area contributed by atoms with E-state index < -0.39 is 17.0 Å². The molecule has 2 saturated carbocycles. The molecule has 1 aromatic rings. The highest BCUT2D eigenvalue weighted by molar-refractivity contribution is 7.79. The van der Waals surface area contributed by atoms with Crippen molar-refractivity contribution in [3.63, 3.8) is 0 Å². The van der Waals surface area contributed by atoms with E-state index >= 15 is 0 Å². The second kappa shape index (κ2) is 7.69. The van der Waals surface area contributed by atoms with Gasteiger partial charge < -0.3 is 4.55 Å². The minimum atomic E-state index is -1.82. The maximum atomic E-state index is 13.1. The molecule has 0 radical (unpaired) electrons. The Morgan fingerprint density at radius 1 is 1.07 bits per heavy atom. The molecule has 2 aliphatic carbocycles. The van der Waals surface area contributed by atoms with E-state index in [1.54, 1.807) is 6.92 Å². The molecule has 4 nitrogen and oxygen atoms in total. The fourth-order valence-corrected chi connectivity index (χ4v) is 5.55. The molecule has 1 N–H and O–H groups in total. The van der Waals surface area contributed by atoms with E-state index in [1.807, 2.05) is 26.0 Å². The van der Waals surface area contributed by atoms with Crippen LogP contribution < -0.4 is 0 Å². The van der Waals surface area contributed by atoms with Crippen LogP contribution in [0, 0.1) is 31.1 Å². The van der Waals surface area contributed by atoms with Crippen LogP contribution in [0.5, 0.6) is 0 Å². The first-order valence-electron chi connectivity index (χ1n) is 9.45. The van der Waals surface area contributed by atoms with E-state index in [-0.39, 0.29) is 22.2 Å². The number of hydrogen-bond acceptors (Lipinski definition) is 3. The monoisotopic (exact) mass is 386 g/mol. The van der Waals surface area contributed by atoms with E-state index in [9.17, 15) is 18.4 Å². The van der Waals surface area contributed by atoms with Gasteiger partial charge in [-0.2, -0.15) is 0 Å². The molecule has 1 spiro atoms. The van der Waals surface area contributed by atoms with Gasteiger partial charge in [0, 0.05) is 18.4 Å². The third kappa shape index (κ3) is 3.93. The minimum Gasteiger partial charge on any atom is -0.306 e. The summed E-state index contributed by atoms with van der Waals surface area (Å²) in [5, 5.41) is -0.227. The fourth-order valence-electron chi connectivity index (χ4n) is 4.91. The van der Waals surface area contributed by atoms with Gasteiger partial charge in [0.25, 0.3) is 0 Å². The van der Waals surface area contributed by atoms with Crippen LogP contribution >= 0.6 is 0 Å². The SMILES string of the molecule is CC#Cc1cc(C)c(C2C(=O)CC3(CCC(S(=O)O)CC3)CC2=O)c(C)c1. The van der Waals surface area contributed by atoms with E-state index in [2.05, 4.69) is 11.8 Å². The summed E-state index contributed by atoms with van der Waals surface area (Å²) in [6.07, 6.45) is 3.36. The molecule has 144 valence electrons. The van der Waals surface area contributed by atoms with Crippen LogP contribution in [0.4, 0.5) is 0 Å². The van der Waals surface area contributed by atoms with Gasteiger partial charge in [-0.05, 0) is 80.7 Å². The zero-order chi connectivity index (χ0) is 19.8. The quantitative estimate of drug-likeness (QED) is 0.476. The van der Waals surface area contributed by atoms with Gasteiger partial charge in [0.1, 0.15) is 17.5 Å². The van der Waals surface area contributed by atoms with Crippen LogP contribution in [0.3, 0.4) is 0 Å². The van der Waals surface area contributed by atoms with Gasteiger partial charge in [-0.15, -0.1) is 5.92 Å².